The molecule has 1 heterocycles. The molecule has 3 nitrogen and oxygen atoms in total. The van der Waals surface area contributed by atoms with E-state index in [0.717, 1.165) is 23.9 Å². The molecule has 1 aromatic heterocycles. The average molecular weight is 284 g/mol. The van der Waals surface area contributed by atoms with E-state index in [9.17, 15) is 4.79 Å². The van der Waals surface area contributed by atoms with Crippen molar-refractivity contribution in [1.82, 2.24) is 9.88 Å². The lowest BCUT2D eigenvalue weighted by Gasteiger charge is -2.27. The fourth-order valence-electron chi connectivity index (χ4n) is 3.41. The van der Waals surface area contributed by atoms with Crippen LogP contribution in [0, 0.1) is 0 Å². The number of likely N-dealkylation sites (N-methyl/N-ethyl adjacent to an activating group) is 1. The normalized spacial score (nSPS) is 16.8. The Labute approximate surface area is 126 Å². The van der Waals surface area contributed by atoms with Gasteiger partial charge in [-0.15, -0.1) is 0 Å². The Morgan fingerprint density at radius 3 is 2.67 bits per heavy atom. The van der Waals surface area contributed by atoms with Gasteiger partial charge in [-0.25, -0.2) is 0 Å². The number of H-pyrrole nitrogens is 1. The number of nitrogens with one attached hydrogen (secondary N) is 1. The number of aromatic amines is 1. The summed E-state index contributed by atoms with van der Waals surface area (Å²) in [5.41, 5.74) is 2.22. The molecule has 0 atom stereocenters. The molecule has 1 amide bonds. The average Bonchev–Trinajstić information content (AvgIpc) is 2.74. The van der Waals surface area contributed by atoms with E-state index >= 15 is 0 Å². The first-order valence-corrected chi connectivity index (χ1v) is 8.06. The van der Waals surface area contributed by atoms with Crippen molar-refractivity contribution in [3.8, 4) is 0 Å². The minimum absolute atomic E-state index is 0.242. The van der Waals surface area contributed by atoms with Crippen LogP contribution in [-0.2, 0) is 11.2 Å². The van der Waals surface area contributed by atoms with E-state index in [0.29, 0.717) is 12.5 Å². The third-order valence-electron chi connectivity index (χ3n) is 4.78. The molecule has 3 heteroatoms. The molecule has 1 fully saturated rings. The summed E-state index contributed by atoms with van der Waals surface area (Å²) in [4.78, 5) is 17.8. The summed E-state index contributed by atoms with van der Waals surface area (Å²) in [6.07, 6.45) is 9.96. The fourth-order valence-corrected chi connectivity index (χ4v) is 3.41. The molecule has 1 saturated carbocycles. The topological polar surface area (TPSA) is 36.1 Å². The SMILES string of the molecule is CN(C(=O)Cc1c[nH]c2ccccc12)C1CCCCCC1. The van der Waals surface area contributed by atoms with Crippen molar-refractivity contribution >= 4 is 16.8 Å². The fraction of sp³-hybridized carbons (Fsp3) is 0.500. The van der Waals surface area contributed by atoms with Gasteiger partial charge in [0.25, 0.3) is 0 Å². The number of carbonyl (C=O) groups excluding carboxylic acids is 1. The Hall–Kier alpha value is -1.77. The second-order valence-electron chi connectivity index (χ2n) is 6.19. The van der Waals surface area contributed by atoms with Crippen molar-refractivity contribution in [3.05, 3.63) is 36.0 Å². The number of aromatic nitrogens is 1. The lowest BCUT2D eigenvalue weighted by atomic mass is 10.1. The maximum Gasteiger partial charge on any atom is 0.227 e. The highest BCUT2D eigenvalue weighted by Crippen LogP contribution is 2.23. The molecule has 0 radical (unpaired) electrons. The first-order chi connectivity index (χ1) is 10.3. The van der Waals surface area contributed by atoms with Gasteiger partial charge in [0.15, 0.2) is 0 Å². The zero-order chi connectivity index (χ0) is 14.7. The number of benzene rings is 1. The zero-order valence-corrected chi connectivity index (χ0v) is 12.8. The molecule has 0 unspecified atom stereocenters. The van der Waals surface area contributed by atoms with Crippen LogP contribution in [0.4, 0.5) is 0 Å². The number of amides is 1. The van der Waals surface area contributed by atoms with Crippen molar-refractivity contribution < 1.29 is 4.79 Å². The number of carbonyl (C=O) groups is 1. The summed E-state index contributed by atoms with van der Waals surface area (Å²) in [5, 5.41) is 1.17. The van der Waals surface area contributed by atoms with Gasteiger partial charge in [0.2, 0.25) is 5.91 Å². The van der Waals surface area contributed by atoms with Crippen LogP contribution in [-0.4, -0.2) is 28.9 Å². The molecule has 1 aliphatic rings. The second kappa shape index (κ2) is 6.33. The number of para-hydroxylation sites is 1. The van der Waals surface area contributed by atoms with Gasteiger partial charge in [-0.05, 0) is 24.5 Å². The Morgan fingerprint density at radius 1 is 1.19 bits per heavy atom. The van der Waals surface area contributed by atoms with Crippen LogP contribution in [0.25, 0.3) is 10.9 Å². The molecule has 2 aromatic rings. The molecule has 1 N–H and O–H groups in total. The third kappa shape index (κ3) is 3.12. The summed E-state index contributed by atoms with van der Waals surface area (Å²) in [6.45, 7) is 0. The quantitative estimate of drug-likeness (QED) is 0.853. The van der Waals surface area contributed by atoms with E-state index in [1.807, 2.05) is 30.3 Å². The van der Waals surface area contributed by atoms with Crippen LogP contribution in [0.2, 0.25) is 0 Å². The van der Waals surface area contributed by atoms with Crippen molar-refractivity contribution in [3.63, 3.8) is 0 Å². The van der Waals surface area contributed by atoms with Crippen LogP contribution in [0.15, 0.2) is 30.5 Å². The van der Waals surface area contributed by atoms with Crippen molar-refractivity contribution in [2.75, 3.05) is 7.05 Å². The zero-order valence-electron chi connectivity index (χ0n) is 12.8. The molecule has 112 valence electrons. The van der Waals surface area contributed by atoms with E-state index in [4.69, 9.17) is 0 Å². The lowest BCUT2D eigenvalue weighted by molar-refractivity contribution is -0.131. The molecular formula is C18H24N2O. The third-order valence-corrected chi connectivity index (χ3v) is 4.78. The minimum atomic E-state index is 0.242. The molecule has 1 aliphatic carbocycles. The van der Waals surface area contributed by atoms with E-state index in [1.54, 1.807) is 0 Å². The highest BCUT2D eigenvalue weighted by Gasteiger charge is 2.21. The molecule has 0 saturated heterocycles. The maximum absolute atomic E-state index is 12.6. The summed E-state index contributed by atoms with van der Waals surface area (Å²) in [6, 6.07) is 8.62. The Kier molecular flexibility index (Phi) is 4.28. The standard InChI is InChI=1S/C18H24N2O/c1-20(15-8-4-2-3-5-9-15)18(21)12-14-13-19-17-11-7-6-10-16(14)17/h6-7,10-11,13,15,19H,2-5,8-9,12H2,1H3. The van der Waals surface area contributed by atoms with Gasteiger partial charge in [0, 0.05) is 30.2 Å². The number of hydrogen-bond acceptors (Lipinski definition) is 1. The van der Waals surface area contributed by atoms with Crippen LogP contribution < -0.4 is 0 Å². The van der Waals surface area contributed by atoms with Gasteiger partial charge in [0.05, 0.1) is 6.42 Å². The smallest absolute Gasteiger partial charge is 0.227 e. The van der Waals surface area contributed by atoms with E-state index in [1.165, 1.54) is 31.1 Å². The second-order valence-corrected chi connectivity index (χ2v) is 6.19. The lowest BCUT2D eigenvalue weighted by Crippen LogP contribution is -2.37. The van der Waals surface area contributed by atoms with Crippen molar-refractivity contribution in [2.24, 2.45) is 0 Å². The Morgan fingerprint density at radius 2 is 1.90 bits per heavy atom. The summed E-state index contributed by atoms with van der Waals surface area (Å²) in [5.74, 6) is 0.242. The van der Waals surface area contributed by atoms with Gasteiger partial charge in [-0.1, -0.05) is 43.9 Å². The molecule has 3 rings (SSSR count). The summed E-state index contributed by atoms with van der Waals surface area (Å²) < 4.78 is 0. The first-order valence-electron chi connectivity index (χ1n) is 8.06. The molecule has 0 aliphatic heterocycles. The largest absolute Gasteiger partial charge is 0.361 e. The predicted molar refractivity (Wildman–Crippen MR) is 86.3 cm³/mol. The molecule has 0 bridgehead atoms. The van der Waals surface area contributed by atoms with Gasteiger partial charge in [-0.3, -0.25) is 4.79 Å². The van der Waals surface area contributed by atoms with Gasteiger partial charge in [0.1, 0.15) is 0 Å². The maximum atomic E-state index is 12.6. The predicted octanol–water partition coefficient (Wildman–Crippen LogP) is 3.89. The summed E-state index contributed by atoms with van der Waals surface area (Å²) in [7, 11) is 1.98. The number of rotatable bonds is 3. The number of hydrogen-bond donors (Lipinski definition) is 1. The van der Waals surface area contributed by atoms with Crippen LogP contribution >= 0.6 is 0 Å². The van der Waals surface area contributed by atoms with Gasteiger partial charge < -0.3 is 9.88 Å². The van der Waals surface area contributed by atoms with Crippen LogP contribution in [0.5, 0.6) is 0 Å². The van der Waals surface area contributed by atoms with E-state index < -0.39 is 0 Å². The van der Waals surface area contributed by atoms with Crippen molar-refractivity contribution in [2.45, 2.75) is 51.0 Å². The van der Waals surface area contributed by atoms with Gasteiger partial charge >= 0.3 is 0 Å². The number of nitrogens with zero attached hydrogens (tertiary/aromatic N) is 1. The van der Waals surface area contributed by atoms with Crippen LogP contribution in [0.1, 0.15) is 44.1 Å². The Bertz CT molecular complexity index is 608. The van der Waals surface area contributed by atoms with Gasteiger partial charge in [-0.2, -0.15) is 0 Å². The first kappa shape index (κ1) is 14.2. The summed E-state index contributed by atoms with van der Waals surface area (Å²) >= 11 is 0. The van der Waals surface area contributed by atoms with Crippen molar-refractivity contribution in [1.29, 1.82) is 0 Å². The highest BCUT2D eigenvalue weighted by molar-refractivity contribution is 5.88. The van der Waals surface area contributed by atoms with E-state index in [-0.39, 0.29) is 5.91 Å². The van der Waals surface area contributed by atoms with E-state index in [2.05, 4.69) is 17.1 Å². The highest BCUT2D eigenvalue weighted by atomic mass is 16.2. The molecule has 1 aromatic carbocycles. The Balaban J connectivity index is 1.70. The molecular weight excluding hydrogens is 260 g/mol. The van der Waals surface area contributed by atoms with Crippen LogP contribution in [0.3, 0.4) is 0 Å². The molecule has 21 heavy (non-hydrogen) atoms. The number of fused-ring (bicyclic) bond motifs is 1. The minimum Gasteiger partial charge on any atom is -0.361 e. The molecule has 0 spiro atoms. The monoisotopic (exact) mass is 284 g/mol.